The molecule has 6 atom stereocenters. The number of aliphatic hydroxyl groups is 1. The number of carbonyl (C=O) groups excluding carboxylic acids is 3. The average Bonchev–Trinajstić information content (AvgIpc) is 3.60. The van der Waals surface area contributed by atoms with Gasteiger partial charge in [0.25, 0.3) is 5.91 Å². The number of fused-ring (bicyclic) bond motifs is 1. The number of aliphatic hydroxyl groups excluding tert-OH is 1. The van der Waals surface area contributed by atoms with Gasteiger partial charge in [-0.25, -0.2) is 0 Å². The molecule has 1 spiro atoms. The minimum absolute atomic E-state index is 0.183. The molecule has 9 heteroatoms. The molecule has 2 aromatic carbocycles. The zero-order chi connectivity index (χ0) is 28.6. The molecule has 2 aromatic rings. The third kappa shape index (κ3) is 4.44. The van der Waals surface area contributed by atoms with Crippen molar-refractivity contribution >= 4 is 35.0 Å². The van der Waals surface area contributed by atoms with Gasteiger partial charge in [0.1, 0.15) is 11.6 Å². The van der Waals surface area contributed by atoms with Crippen LogP contribution in [0, 0.1) is 11.8 Å². The maximum absolute atomic E-state index is 14.6. The van der Waals surface area contributed by atoms with Gasteiger partial charge in [-0.3, -0.25) is 14.4 Å². The highest BCUT2D eigenvalue weighted by atomic mass is 35.5. The van der Waals surface area contributed by atoms with E-state index < -0.39 is 42.2 Å². The molecule has 0 saturated carbocycles. The quantitative estimate of drug-likeness (QED) is 0.446. The van der Waals surface area contributed by atoms with E-state index in [0.717, 1.165) is 0 Å². The van der Waals surface area contributed by atoms with E-state index in [4.69, 9.17) is 16.3 Å². The smallest absolute Gasteiger partial charge is 0.253 e. The number of carbonyl (C=O) groups is 3. The molecule has 0 aliphatic carbocycles. The lowest BCUT2D eigenvalue weighted by Crippen LogP contribution is -2.57. The molecule has 8 nitrogen and oxygen atoms in total. The van der Waals surface area contributed by atoms with E-state index >= 15 is 0 Å². The lowest BCUT2D eigenvalue weighted by molar-refractivity contribution is -0.147. The third-order valence-electron chi connectivity index (χ3n) is 8.45. The summed E-state index contributed by atoms with van der Waals surface area (Å²) in [5.41, 5.74) is 0.0746. The van der Waals surface area contributed by atoms with Gasteiger partial charge >= 0.3 is 0 Å². The Labute approximate surface area is 239 Å². The van der Waals surface area contributed by atoms with Gasteiger partial charge in [-0.05, 0) is 42.7 Å². The Morgan fingerprint density at radius 3 is 2.42 bits per heavy atom. The van der Waals surface area contributed by atoms with Crippen molar-refractivity contribution in [1.29, 1.82) is 0 Å². The first-order valence-corrected chi connectivity index (χ1v) is 13.9. The zero-order valence-corrected chi connectivity index (χ0v) is 23.2. The Morgan fingerprint density at radius 1 is 1.12 bits per heavy atom. The normalized spacial score (nSPS) is 27.3. The number of likely N-dealkylation sites (tertiary alicyclic amines) is 1. The summed E-state index contributed by atoms with van der Waals surface area (Å²) >= 11 is 6.12. The number of hydrogen-bond donors (Lipinski definition) is 1. The number of anilines is 1. The number of nitrogens with zero attached hydrogens (tertiary/aromatic N) is 3. The molecule has 3 fully saturated rings. The number of benzene rings is 2. The fraction of sp³-hybridized carbons (Fsp3) is 0.387. The van der Waals surface area contributed by atoms with Crippen molar-refractivity contribution in [2.45, 2.75) is 36.6 Å². The zero-order valence-electron chi connectivity index (χ0n) is 22.5. The predicted molar refractivity (Wildman–Crippen MR) is 153 cm³/mol. The Hall–Kier alpha value is -3.46. The van der Waals surface area contributed by atoms with Crippen molar-refractivity contribution in [3.63, 3.8) is 0 Å². The fourth-order valence-electron chi connectivity index (χ4n) is 6.78. The summed E-state index contributed by atoms with van der Waals surface area (Å²) in [5, 5.41) is 11.2. The fourth-order valence-corrected chi connectivity index (χ4v) is 6.90. The second-order valence-corrected chi connectivity index (χ2v) is 11.1. The summed E-state index contributed by atoms with van der Waals surface area (Å²) in [7, 11) is 1.68. The highest BCUT2D eigenvalue weighted by Gasteiger charge is 2.75. The SMILES string of the molecule is C=CCN(C)C(=O)[C@@H]1[C@H]2C(=O)N([C@H](CO)c3ccccc3)C(C(=O)N(CC=C)c3ccc(Cl)cc3)C23CC[C@H]1O3. The van der Waals surface area contributed by atoms with Crippen LogP contribution in [0.4, 0.5) is 5.69 Å². The Morgan fingerprint density at radius 2 is 1.80 bits per heavy atom. The monoisotopic (exact) mass is 563 g/mol. The average molecular weight is 564 g/mol. The molecule has 210 valence electrons. The number of likely N-dealkylation sites (N-methyl/N-ethyl adjacent to an activating group) is 1. The van der Waals surface area contributed by atoms with Crippen molar-refractivity contribution in [2.24, 2.45) is 11.8 Å². The van der Waals surface area contributed by atoms with Gasteiger partial charge in [0.05, 0.1) is 30.6 Å². The number of amides is 3. The largest absolute Gasteiger partial charge is 0.394 e. The summed E-state index contributed by atoms with van der Waals surface area (Å²) < 4.78 is 6.58. The van der Waals surface area contributed by atoms with E-state index in [0.29, 0.717) is 35.7 Å². The first-order chi connectivity index (χ1) is 19.3. The van der Waals surface area contributed by atoms with Gasteiger partial charge in [0, 0.05) is 30.8 Å². The van der Waals surface area contributed by atoms with Crippen molar-refractivity contribution in [1.82, 2.24) is 9.80 Å². The van der Waals surface area contributed by atoms with Crippen molar-refractivity contribution in [3.8, 4) is 0 Å². The van der Waals surface area contributed by atoms with E-state index in [1.165, 1.54) is 4.90 Å². The molecule has 3 aliphatic heterocycles. The van der Waals surface area contributed by atoms with Crippen LogP contribution in [0.15, 0.2) is 79.9 Å². The molecule has 3 saturated heterocycles. The van der Waals surface area contributed by atoms with E-state index in [1.54, 1.807) is 53.3 Å². The second kappa shape index (κ2) is 11.2. The third-order valence-corrected chi connectivity index (χ3v) is 8.70. The summed E-state index contributed by atoms with van der Waals surface area (Å²) in [4.78, 5) is 47.3. The molecule has 3 heterocycles. The van der Waals surface area contributed by atoms with Crippen LogP contribution in [-0.2, 0) is 19.1 Å². The van der Waals surface area contributed by atoms with Crippen molar-refractivity contribution in [2.75, 3.05) is 31.6 Å². The number of hydrogen-bond acceptors (Lipinski definition) is 5. The molecule has 2 unspecified atom stereocenters. The van der Waals surface area contributed by atoms with Gasteiger partial charge in [-0.2, -0.15) is 0 Å². The highest BCUT2D eigenvalue weighted by molar-refractivity contribution is 6.30. The molecule has 2 bridgehead atoms. The van der Waals surface area contributed by atoms with Crippen LogP contribution >= 0.6 is 11.6 Å². The Balaban J connectivity index is 1.64. The van der Waals surface area contributed by atoms with E-state index in [-0.39, 0.29) is 24.3 Å². The topological polar surface area (TPSA) is 90.4 Å². The first kappa shape index (κ1) is 28.1. The Kier molecular flexibility index (Phi) is 7.86. The van der Waals surface area contributed by atoms with Crippen LogP contribution in [0.2, 0.25) is 5.02 Å². The highest BCUT2D eigenvalue weighted by Crippen LogP contribution is 2.60. The standard InChI is InChI=1S/C31H34ClN3O5/c1-4-17-33(3)28(37)25-24-15-16-31(40-24)26(25)29(38)35(23(19-36)20-9-7-6-8-10-20)27(31)30(39)34(18-5-2)22-13-11-21(32)12-14-22/h4-14,23-27,36H,1-2,15-19H2,3H3/t23-,24-,25+,26+,27?,31?/m1/s1. The molecule has 40 heavy (non-hydrogen) atoms. The lowest BCUT2D eigenvalue weighted by atomic mass is 9.70. The lowest BCUT2D eigenvalue weighted by Gasteiger charge is -2.39. The molecule has 0 aromatic heterocycles. The molecular formula is C31H34ClN3O5. The van der Waals surface area contributed by atoms with Gasteiger partial charge in [-0.1, -0.05) is 54.1 Å². The van der Waals surface area contributed by atoms with Gasteiger partial charge in [0.2, 0.25) is 11.8 Å². The number of ether oxygens (including phenoxy) is 1. The molecule has 3 amide bonds. The minimum atomic E-state index is -1.21. The van der Waals surface area contributed by atoms with Crippen LogP contribution in [0.3, 0.4) is 0 Å². The van der Waals surface area contributed by atoms with Gasteiger partial charge < -0.3 is 24.5 Å². The van der Waals surface area contributed by atoms with Crippen LogP contribution < -0.4 is 4.90 Å². The van der Waals surface area contributed by atoms with Gasteiger partial charge in [-0.15, -0.1) is 13.2 Å². The molecule has 3 aliphatic rings. The van der Waals surface area contributed by atoms with Gasteiger partial charge in [0.15, 0.2) is 0 Å². The maximum Gasteiger partial charge on any atom is 0.253 e. The molecule has 1 N–H and O–H groups in total. The molecule has 5 rings (SSSR count). The summed E-state index contributed by atoms with van der Waals surface area (Å²) in [6.07, 6.45) is 3.78. The minimum Gasteiger partial charge on any atom is -0.394 e. The van der Waals surface area contributed by atoms with Crippen LogP contribution in [0.5, 0.6) is 0 Å². The van der Waals surface area contributed by atoms with Crippen LogP contribution in [-0.4, -0.2) is 77.1 Å². The van der Waals surface area contributed by atoms with Crippen LogP contribution in [0.25, 0.3) is 0 Å². The van der Waals surface area contributed by atoms with Crippen molar-refractivity contribution < 1.29 is 24.2 Å². The Bertz CT molecular complexity index is 1300. The van der Waals surface area contributed by atoms with E-state index in [2.05, 4.69) is 13.2 Å². The van der Waals surface area contributed by atoms with E-state index in [9.17, 15) is 19.5 Å². The molecular weight excluding hydrogens is 530 g/mol. The second-order valence-electron chi connectivity index (χ2n) is 10.6. The number of halogens is 1. The summed E-state index contributed by atoms with van der Waals surface area (Å²) in [6.45, 7) is 7.68. The first-order valence-electron chi connectivity index (χ1n) is 13.5. The summed E-state index contributed by atoms with van der Waals surface area (Å²) in [5.74, 6) is -2.51. The number of rotatable bonds is 10. The molecule has 0 radical (unpaired) electrons. The van der Waals surface area contributed by atoms with Crippen LogP contribution in [0.1, 0.15) is 24.4 Å². The van der Waals surface area contributed by atoms with E-state index in [1.807, 2.05) is 30.3 Å². The van der Waals surface area contributed by atoms with Crippen molar-refractivity contribution in [3.05, 3.63) is 90.5 Å². The maximum atomic E-state index is 14.6. The predicted octanol–water partition coefficient (Wildman–Crippen LogP) is 3.61. The summed E-state index contributed by atoms with van der Waals surface area (Å²) in [6, 6.07) is 14.1.